The van der Waals surface area contributed by atoms with Crippen molar-refractivity contribution in [2.24, 2.45) is 0 Å². The molecule has 0 radical (unpaired) electrons. The van der Waals surface area contributed by atoms with Crippen LogP contribution in [0.1, 0.15) is 32.4 Å². The summed E-state index contributed by atoms with van der Waals surface area (Å²) in [4.78, 5) is 11.4. The topological polar surface area (TPSA) is 58.6 Å². The zero-order valence-electron chi connectivity index (χ0n) is 10.7. The van der Waals surface area contributed by atoms with E-state index in [0.717, 1.165) is 10.0 Å². The molecule has 0 aliphatic heterocycles. The summed E-state index contributed by atoms with van der Waals surface area (Å²) in [6, 6.07) is 7.31. The van der Waals surface area contributed by atoms with Crippen LogP contribution in [0.5, 0.6) is 0 Å². The molecule has 0 heterocycles. The predicted octanol–water partition coefficient (Wildman–Crippen LogP) is 3.01. The highest BCUT2D eigenvalue weighted by molar-refractivity contribution is 9.10. The Morgan fingerprint density at radius 2 is 2.17 bits per heavy atom. The van der Waals surface area contributed by atoms with Crippen LogP contribution in [0.3, 0.4) is 0 Å². The van der Waals surface area contributed by atoms with Crippen molar-refractivity contribution in [2.75, 3.05) is 6.54 Å². The third kappa shape index (κ3) is 5.51. The number of halogens is 1. The van der Waals surface area contributed by atoms with Gasteiger partial charge in [0.25, 0.3) is 0 Å². The van der Waals surface area contributed by atoms with Gasteiger partial charge in [0, 0.05) is 4.47 Å². The van der Waals surface area contributed by atoms with Crippen molar-refractivity contribution >= 4 is 22.0 Å². The van der Waals surface area contributed by atoms with E-state index in [1.165, 1.54) is 0 Å². The second-order valence-corrected chi connectivity index (χ2v) is 5.87. The summed E-state index contributed by atoms with van der Waals surface area (Å²) in [5, 5.41) is 12.4. The number of hydrogen-bond donors (Lipinski definition) is 2. The van der Waals surface area contributed by atoms with Crippen LogP contribution in [0.2, 0.25) is 0 Å². The fourth-order valence-electron chi connectivity index (χ4n) is 1.33. The first kappa shape index (κ1) is 15.0. The molecule has 18 heavy (non-hydrogen) atoms. The molecule has 0 aliphatic carbocycles. The average molecular weight is 316 g/mol. The van der Waals surface area contributed by atoms with Gasteiger partial charge >= 0.3 is 6.09 Å². The summed E-state index contributed by atoms with van der Waals surface area (Å²) in [5.41, 5.74) is 0.200. The van der Waals surface area contributed by atoms with Crippen LogP contribution < -0.4 is 5.32 Å². The number of amides is 1. The van der Waals surface area contributed by atoms with E-state index >= 15 is 0 Å². The van der Waals surface area contributed by atoms with Gasteiger partial charge in [-0.2, -0.15) is 0 Å². The lowest BCUT2D eigenvalue weighted by Gasteiger charge is -2.20. The third-order valence-corrected chi connectivity index (χ3v) is 2.57. The van der Waals surface area contributed by atoms with Gasteiger partial charge in [0.2, 0.25) is 0 Å². The highest BCUT2D eigenvalue weighted by Crippen LogP contribution is 2.17. The fourth-order valence-corrected chi connectivity index (χ4v) is 1.74. The lowest BCUT2D eigenvalue weighted by molar-refractivity contribution is 0.0492. The average Bonchev–Trinajstić information content (AvgIpc) is 2.23. The molecule has 0 aromatic heterocycles. The minimum Gasteiger partial charge on any atom is -0.444 e. The molecule has 0 bridgehead atoms. The first-order valence-electron chi connectivity index (χ1n) is 5.68. The minimum absolute atomic E-state index is 0.116. The van der Waals surface area contributed by atoms with E-state index in [1.807, 2.05) is 12.1 Å². The molecule has 1 amide bonds. The van der Waals surface area contributed by atoms with E-state index < -0.39 is 17.8 Å². The lowest BCUT2D eigenvalue weighted by Crippen LogP contribution is -2.34. The number of aliphatic hydroxyl groups is 1. The molecule has 4 nitrogen and oxygen atoms in total. The summed E-state index contributed by atoms with van der Waals surface area (Å²) in [7, 11) is 0. The Bertz CT molecular complexity index is 415. The lowest BCUT2D eigenvalue weighted by atomic mass is 10.1. The number of carbonyl (C=O) groups excluding carboxylic acids is 1. The maximum atomic E-state index is 11.4. The molecule has 100 valence electrons. The standard InChI is InChI=1S/C13H18BrNO3/c1-13(2,3)18-12(17)15-8-11(16)9-5-4-6-10(14)7-9/h4-7,11,16H,8H2,1-3H3,(H,15,17)/t11-/m1/s1. The SMILES string of the molecule is CC(C)(C)OC(=O)NC[C@@H](O)c1cccc(Br)c1. The molecule has 1 aromatic carbocycles. The second-order valence-electron chi connectivity index (χ2n) is 4.95. The van der Waals surface area contributed by atoms with Crippen LogP contribution in [-0.2, 0) is 4.74 Å². The van der Waals surface area contributed by atoms with Gasteiger partial charge in [-0.1, -0.05) is 28.1 Å². The highest BCUT2D eigenvalue weighted by Gasteiger charge is 2.17. The van der Waals surface area contributed by atoms with Crippen LogP contribution in [0.4, 0.5) is 4.79 Å². The summed E-state index contributed by atoms with van der Waals surface area (Å²) in [5.74, 6) is 0. The van der Waals surface area contributed by atoms with Gasteiger partial charge in [0.1, 0.15) is 5.60 Å². The summed E-state index contributed by atoms with van der Waals surface area (Å²) < 4.78 is 5.96. The highest BCUT2D eigenvalue weighted by atomic mass is 79.9. The van der Waals surface area contributed by atoms with Crippen molar-refractivity contribution in [3.05, 3.63) is 34.3 Å². The molecular weight excluding hydrogens is 298 g/mol. The van der Waals surface area contributed by atoms with E-state index in [9.17, 15) is 9.90 Å². The number of ether oxygens (including phenoxy) is 1. The Kier molecular flexibility index (Phi) is 5.16. The Labute approximate surface area is 115 Å². The van der Waals surface area contributed by atoms with Crippen molar-refractivity contribution in [1.29, 1.82) is 0 Å². The van der Waals surface area contributed by atoms with E-state index in [0.29, 0.717) is 0 Å². The predicted molar refractivity (Wildman–Crippen MR) is 73.3 cm³/mol. The molecule has 1 atom stereocenters. The van der Waals surface area contributed by atoms with Crippen molar-refractivity contribution in [3.63, 3.8) is 0 Å². The van der Waals surface area contributed by atoms with E-state index in [-0.39, 0.29) is 6.54 Å². The van der Waals surface area contributed by atoms with Crippen molar-refractivity contribution in [1.82, 2.24) is 5.32 Å². The quantitative estimate of drug-likeness (QED) is 0.901. The number of nitrogens with one attached hydrogen (secondary N) is 1. The Morgan fingerprint density at radius 3 is 2.72 bits per heavy atom. The van der Waals surface area contributed by atoms with Gasteiger partial charge in [0.15, 0.2) is 0 Å². The van der Waals surface area contributed by atoms with Gasteiger partial charge in [-0.15, -0.1) is 0 Å². The van der Waals surface area contributed by atoms with E-state index in [1.54, 1.807) is 32.9 Å². The molecule has 1 rings (SSSR count). The molecule has 0 unspecified atom stereocenters. The number of aliphatic hydroxyl groups excluding tert-OH is 1. The van der Waals surface area contributed by atoms with Crippen LogP contribution in [0.25, 0.3) is 0 Å². The number of benzene rings is 1. The molecule has 0 aliphatic rings. The third-order valence-electron chi connectivity index (χ3n) is 2.07. The van der Waals surface area contributed by atoms with Gasteiger partial charge in [-0.3, -0.25) is 0 Å². The van der Waals surface area contributed by atoms with Crippen LogP contribution in [0, 0.1) is 0 Å². The first-order chi connectivity index (χ1) is 8.28. The Morgan fingerprint density at radius 1 is 1.50 bits per heavy atom. The molecule has 5 heteroatoms. The summed E-state index contributed by atoms with van der Waals surface area (Å²) in [6.07, 6.45) is -1.29. The number of alkyl carbamates (subject to hydrolysis) is 1. The van der Waals surface area contributed by atoms with Crippen LogP contribution in [-0.4, -0.2) is 23.3 Å². The fraction of sp³-hybridized carbons (Fsp3) is 0.462. The zero-order valence-corrected chi connectivity index (χ0v) is 12.3. The largest absolute Gasteiger partial charge is 0.444 e. The van der Waals surface area contributed by atoms with Gasteiger partial charge in [-0.25, -0.2) is 4.79 Å². The summed E-state index contributed by atoms with van der Waals surface area (Å²) >= 11 is 3.33. The molecule has 0 fully saturated rings. The smallest absolute Gasteiger partial charge is 0.407 e. The number of carbonyl (C=O) groups is 1. The molecular formula is C13H18BrNO3. The molecule has 1 aromatic rings. The van der Waals surface area contributed by atoms with E-state index in [4.69, 9.17) is 4.74 Å². The van der Waals surface area contributed by atoms with Crippen molar-refractivity contribution < 1.29 is 14.6 Å². The zero-order chi connectivity index (χ0) is 13.8. The molecule has 0 saturated carbocycles. The maximum Gasteiger partial charge on any atom is 0.407 e. The summed E-state index contributed by atoms with van der Waals surface area (Å²) in [6.45, 7) is 5.48. The van der Waals surface area contributed by atoms with Crippen molar-refractivity contribution in [3.8, 4) is 0 Å². The van der Waals surface area contributed by atoms with Gasteiger partial charge < -0.3 is 15.2 Å². The first-order valence-corrected chi connectivity index (χ1v) is 6.47. The molecule has 0 saturated heterocycles. The Hall–Kier alpha value is -1.07. The second kappa shape index (κ2) is 6.20. The maximum absolute atomic E-state index is 11.4. The molecule has 2 N–H and O–H groups in total. The number of rotatable bonds is 3. The van der Waals surface area contributed by atoms with Gasteiger partial charge in [0.05, 0.1) is 12.6 Å². The van der Waals surface area contributed by atoms with E-state index in [2.05, 4.69) is 21.2 Å². The molecule has 0 spiro atoms. The normalized spacial score (nSPS) is 12.9. The monoisotopic (exact) mass is 315 g/mol. The number of hydrogen-bond acceptors (Lipinski definition) is 3. The van der Waals surface area contributed by atoms with Crippen LogP contribution >= 0.6 is 15.9 Å². The Balaban J connectivity index is 2.46. The van der Waals surface area contributed by atoms with Crippen LogP contribution in [0.15, 0.2) is 28.7 Å². The van der Waals surface area contributed by atoms with Crippen molar-refractivity contribution in [2.45, 2.75) is 32.5 Å². The minimum atomic E-state index is -0.755. The van der Waals surface area contributed by atoms with Gasteiger partial charge in [-0.05, 0) is 38.5 Å².